The fourth-order valence-corrected chi connectivity index (χ4v) is 6.58. The van der Waals surface area contributed by atoms with Crippen molar-refractivity contribution < 1.29 is 19.1 Å². The van der Waals surface area contributed by atoms with Crippen LogP contribution in [0.4, 0.5) is 0 Å². The minimum atomic E-state index is 0.134. The van der Waals surface area contributed by atoms with Crippen LogP contribution >= 0.6 is 23.2 Å². The Morgan fingerprint density at radius 3 is 2.58 bits per heavy atom. The van der Waals surface area contributed by atoms with Crippen LogP contribution < -0.4 is 14.8 Å². The zero-order valence-electron chi connectivity index (χ0n) is 23.8. The first-order chi connectivity index (χ1) is 20.9. The number of nitrogens with one attached hydrogen (secondary N) is 1. The molecule has 1 fully saturated rings. The molecule has 0 saturated carbocycles. The van der Waals surface area contributed by atoms with Crippen LogP contribution in [-0.4, -0.2) is 60.4 Å². The lowest BCUT2D eigenvalue weighted by molar-refractivity contribution is -0.119. The molecule has 4 heterocycles. The van der Waals surface area contributed by atoms with Gasteiger partial charge in [-0.25, -0.2) is 4.98 Å². The number of hydrogen-bond acceptors (Lipinski definition) is 7. The first kappa shape index (κ1) is 29.1. The van der Waals surface area contributed by atoms with Crippen LogP contribution in [0.5, 0.6) is 11.6 Å². The van der Waals surface area contributed by atoms with Gasteiger partial charge in [-0.05, 0) is 48.7 Å². The van der Waals surface area contributed by atoms with Gasteiger partial charge in [0, 0.05) is 66.1 Å². The Balaban J connectivity index is 1.33. The summed E-state index contributed by atoms with van der Waals surface area (Å²) < 4.78 is 11.1. The van der Waals surface area contributed by atoms with E-state index >= 15 is 0 Å². The summed E-state index contributed by atoms with van der Waals surface area (Å²) in [4.78, 5) is 34.5. The van der Waals surface area contributed by atoms with Crippen molar-refractivity contribution >= 4 is 35.4 Å². The zero-order chi connectivity index (χ0) is 30.1. The molecule has 2 aliphatic rings. The average Bonchev–Trinajstić information content (AvgIpc) is 3.44. The lowest BCUT2D eigenvalue weighted by Crippen LogP contribution is -2.41. The number of carbonyl (C=O) groups is 2. The van der Waals surface area contributed by atoms with Crippen molar-refractivity contribution in [3.05, 3.63) is 81.5 Å². The summed E-state index contributed by atoms with van der Waals surface area (Å²) >= 11 is 14.0. The highest BCUT2D eigenvalue weighted by Crippen LogP contribution is 2.43. The van der Waals surface area contributed by atoms with Gasteiger partial charge < -0.3 is 14.8 Å². The van der Waals surface area contributed by atoms with Crippen LogP contribution in [0.15, 0.2) is 54.7 Å². The Bertz CT molecular complexity index is 1710. The topological polar surface area (TPSA) is 93.7 Å². The number of aromatic nitrogens is 2. The maximum absolute atomic E-state index is 11.7. The Morgan fingerprint density at radius 1 is 1.02 bits per heavy atom. The average molecular weight is 618 g/mol. The first-order valence-electron chi connectivity index (χ1n) is 14.1. The number of pyridine rings is 2. The number of carbonyl (C=O) groups excluding carboxylic acids is 2. The van der Waals surface area contributed by atoms with Crippen LogP contribution in [0, 0.1) is 0 Å². The van der Waals surface area contributed by atoms with Crippen molar-refractivity contribution in [2.24, 2.45) is 0 Å². The zero-order valence-corrected chi connectivity index (χ0v) is 25.3. The minimum absolute atomic E-state index is 0.134. The predicted molar refractivity (Wildman–Crippen MR) is 167 cm³/mol. The fraction of sp³-hybridized carbons (Fsp3) is 0.273. The molecular weight excluding hydrogens is 587 g/mol. The predicted octanol–water partition coefficient (Wildman–Crippen LogP) is 6.25. The summed E-state index contributed by atoms with van der Waals surface area (Å²) in [5.41, 5.74) is 6.91. The minimum Gasteiger partial charge on any atom is -0.496 e. The molecule has 0 bridgehead atoms. The smallest absolute Gasteiger partial charge is 0.224 e. The number of aldehydes is 1. The molecule has 2 aromatic heterocycles. The highest BCUT2D eigenvalue weighted by atomic mass is 35.5. The third kappa shape index (κ3) is 5.70. The first-order valence-corrected chi connectivity index (χ1v) is 14.8. The lowest BCUT2D eigenvalue weighted by atomic mass is 9.93. The second kappa shape index (κ2) is 12.3. The Morgan fingerprint density at radius 2 is 1.84 bits per heavy atom. The molecule has 2 aliphatic heterocycles. The van der Waals surface area contributed by atoms with Gasteiger partial charge in [0.2, 0.25) is 11.8 Å². The number of rotatable bonds is 8. The third-order valence-electron chi connectivity index (χ3n) is 8.10. The molecule has 10 heteroatoms. The number of nitrogens with zero attached hydrogens (tertiary/aromatic N) is 3. The van der Waals surface area contributed by atoms with E-state index in [0.717, 1.165) is 60.5 Å². The van der Waals surface area contributed by atoms with Crippen molar-refractivity contribution in [1.29, 1.82) is 0 Å². The van der Waals surface area contributed by atoms with E-state index in [4.69, 9.17) is 32.7 Å². The maximum Gasteiger partial charge on any atom is 0.224 e. The van der Waals surface area contributed by atoms with Crippen LogP contribution in [0.2, 0.25) is 10.0 Å². The molecular formula is C33H30Cl2N4O4. The van der Waals surface area contributed by atoms with Crippen LogP contribution in [0.25, 0.3) is 33.6 Å². The van der Waals surface area contributed by atoms with Crippen molar-refractivity contribution in [3.63, 3.8) is 0 Å². The van der Waals surface area contributed by atoms with Crippen LogP contribution in [-0.2, 0) is 17.8 Å². The Hall–Kier alpha value is -3.98. The Labute approximate surface area is 260 Å². The van der Waals surface area contributed by atoms with Crippen LogP contribution in [0.1, 0.15) is 34.3 Å². The number of hydrogen-bond donors (Lipinski definition) is 1. The molecule has 6 rings (SSSR count). The molecule has 1 saturated heterocycles. The van der Waals surface area contributed by atoms with Gasteiger partial charge in [-0.15, -0.1) is 0 Å². The van der Waals surface area contributed by atoms with Gasteiger partial charge in [0.1, 0.15) is 5.75 Å². The molecule has 1 N–H and O–H groups in total. The molecule has 1 amide bonds. The van der Waals surface area contributed by atoms with Gasteiger partial charge in [-0.1, -0.05) is 41.4 Å². The summed E-state index contributed by atoms with van der Waals surface area (Å²) in [6.45, 7) is 2.47. The summed E-state index contributed by atoms with van der Waals surface area (Å²) in [5, 5.41) is 4.01. The molecule has 8 nitrogen and oxygen atoms in total. The number of ether oxygens (including phenoxy) is 2. The summed E-state index contributed by atoms with van der Waals surface area (Å²) in [6.07, 6.45) is 4.76. The van der Waals surface area contributed by atoms with E-state index in [1.807, 2.05) is 30.3 Å². The molecule has 43 heavy (non-hydrogen) atoms. The number of amides is 1. The standard InChI is InChI=1S/C33H30Cl2N4O4/c1-42-28-15-21(14-19-11-13-39(17-26(19)28)16-22-7-9-29(41)37-22)32-31(35)24(10-12-36-32)23-4-3-5-25(30(23)34)27-8-6-20(18-40)33(38-27)43-2/h3-6,8,10,12,14-15,18,22H,7,9,11,13,16-17H2,1-2H3,(H,37,41)/t22-/m0/s1. The highest BCUT2D eigenvalue weighted by Gasteiger charge is 2.27. The monoisotopic (exact) mass is 616 g/mol. The number of benzene rings is 2. The van der Waals surface area contributed by atoms with E-state index in [1.165, 1.54) is 12.7 Å². The third-order valence-corrected chi connectivity index (χ3v) is 8.89. The van der Waals surface area contributed by atoms with Crippen molar-refractivity contribution in [3.8, 4) is 45.3 Å². The quantitative estimate of drug-likeness (QED) is 0.234. The Kier molecular flexibility index (Phi) is 8.34. The van der Waals surface area contributed by atoms with E-state index in [9.17, 15) is 9.59 Å². The summed E-state index contributed by atoms with van der Waals surface area (Å²) in [5.74, 6) is 1.15. The second-order valence-electron chi connectivity index (χ2n) is 10.7. The molecule has 0 unspecified atom stereocenters. The SMILES string of the molecule is COc1cc(-c2nccc(-c3cccc(-c4ccc(C=O)c(OC)n4)c3Cl)c2Cl)cc2c1CN(C[C@@H]1CCC(=O)N1)CC2. The van der Waals surface area contributed by atoms with Gasteiger partial charge in [0.05, 0.1) is 41.2 Å². The van der Waals surface area contributed by atoms with Gasteiger partial charge in [-0.2, -0.15) is 0 Å². The molecule has 1 atom stereocenters. The normalized spacial score (nSPS) is 16.5. The van der Waals surface area contributed by atoms with Gasteiger partial charge in [0.15, 0.2) is 6.29 Å². The summed E-state index contributed by atoms with van der Waals surface area (Å²) in [6, 6.07) is 15.2. The van der Waals surface area contributed by atoms with Crippen molar-refractivity contribution in [1.82, 2.24) is 20.2 Å². The summed E-state index contributed by atoms with van der Waals surface area (Å²) in [7, 11) is 3.15. The second-order valence-corrected chi connectivity index (χ2v) is 11.5. The largest absolute Gasteiger partial charge is 0.496 e. The van der Waals surface area contributed by atoms with Gasteiger partial charge in [0.25, 0.3) is 0 Å². The molecule has 4 aromatic rings. The van der Waals surface area contributed by atoms with Crippen molar-refractivity contribution in [2.75, 3.05) is 27.3 Å². The van der Waals surface area contributed by atoms with E-state index < -0.39 is 0 Å². The fourth-order valence-electron chi connectivity index (χ4n) is 5.93. The highest BCUT2D eigenvalue weighted by molar-refractivity contribution is 6.39. The maximum atomic E-state index is 11.7. The van der Waals surface area contributed by atoms with Gasteiger partial charge >= 0.3 is 0 Å². The number of halogens is 2. The molecule has 0 radical (unpaired) electrons. The molecule has 0 aliphatic carbocycles. The molecule has 0 spiro atoms. The number of fused-ring (bicyclic) bond motifs is 1. The van der Waals surface area contributed by atoms with E-state index in [0.29, 0.717) is 45.3 Å². The number of methoxy groups -OCH3 is 2. The van der Waals surface area contributed by atoms with E-state index in [2.05, 4.69) is 26.3 Å². The molecule has 2 aromatic carbocycles. The van der Waals surface area contributed by atoms with E-state index in [-0.39, 0.29) is 17.8 Å². The van der Waals surface area contributed by atoms with E-state index in [1.54, 1.807) is 25.4 Å². The van der Waals surface area contributed by atoms with Crippen molar-refractivity contribution in [2.45, 2.75) is 31.8 Å². The molecule has 220 valence electrons. The van der Waals surface area contributed by atoms with Crippen LogP contribution in [0.3, 0.4) is 0 Å². The van der Waals surface area contributed by atoms with Gasteiger partial charge in [-0.3, -0.25) is 19.5 Å². The lowest BCUT2D eigenvalue weighted by Gasteiger charge is -2.32.